The van der Waals surface area contributed by atoms with E-state index in [9.17, 15) is 4.79 Å². The van der Waals surface area contributed by atoms with Crippen LogP contribution in [0.15, 0.2) is 0 Å². The van der Waals surface area contributed by atoms with Crippen molar-refractivity contribution in [1.29, 1.82) is 0 Å². The van der Waals surface area contributed by atoms with Crippen LogP contribution in [0.3, 0.4) is 0 Å². The molecule has 0 aromatic heterocycles. The molecule has 1 aliphatic carbocycles. The summed E-state index contributed by atoms with van der Waals surface area (Å²) >= 11 is 0. The summed E-state index contributed by atoms with van der Waals surface area (Å²) in [5.74, 6) is -0.675. The van der Waals surface area contributed by atoms with Gasteiger partial charge < -0.3 is 5.11 Å². The average molecular weight is 225 g/mol. The summed E-state index contributed by atoms with van der Waals surface area (Å²) in [6.07, 6.45) is 4.05. The Balaban J connectivity index is 2.02. The van der Waals surface area contributed by atoms with Gasteiger partial charge in [-0.05, 0) is 30.1 Å². The van der Waals surface area contributed by atoms with Gasteiger partial charge in [-0.15, -0.1) is 0 Å². The fourth-order valence-corrected chi connectivity index (χ4v) is 4.08. The van der Waals surface area contributed by atoms with Gasteiger partial charge in [0.25, 0.3) is 0 Å². The minimum Gasteiger partial charge on any atom is -0.481 e. The smallest absolute Gasteiger partial charge is 0.304 e. The Hall–Kier alpha value is -0.570. The topological polar surface area (TPSA) is 40.5 Å². The molecule has 1 aliphatic heterocycles. The van der Waals surface area contributed by atoms with Crippen molar-refractivity contribution in [2.24, 2.45) is 10.8 Å². The third-order valence-corrected chi connectivity index (χ3v) is 4.14. The first-order valence-electron chi connectivity index (χ1n) is 6.26. The number of hydrogen-bond donors (Lipinski definition) is 1. The number of carboxylic acids is 1. The Morgan fingerprint density at radius 3 is 2.69 bits per heavy atom. The first-order chi connectivity index (χ1) is 7.30. The minimum absolute atomic E-state index is 0.285. The SMILES string of the molecule is CC1(C)C[C@H]2C[C@@](C)(CN2CCC(=O)O)C1. The first kappa shape index (κ1) is 11.9. The Bertz CT molecular complexity index is 300. The van der Waals surface area contributed by atoms with Gasteiger partial charge in [0.15, 0.2) is 0 Å². The summed E-state index contributed by atoms with van der Waals surface area (Å²) in [7, 11) is 0. The van der Waals surface area contributed by atoms with Gasteiger partial charge in [-0.2, -0.15) is 0 Å². The number of nitrogens with zero attached hydrogens (tertiary/aromatic N) is 1. The molecule has 1 heterocycles. The zero-order valence-corrected chi connectivity index (χ0v) is 10.6. The van der Waals surface area contributed by atoms with Crippen molar-refractivity contribution < 1.29 is 9.90 Å². The molecule has 2 rings (SSSR count). The maximum Gasteiger partial charge on any atom is 0.304 e. The van der Waals surface area contributed by atoms with Gasteiger partial charge in [0.2, 0.25) is 0 Å². The monoisotopic (exact) mass is 225 g/mol. The van der Waals surface area contributed by atoms with Crippen LogP contribution in [-0.4, -0.2) is 35.1 Å². The van der Waals surface area contributed by atoms with Crippen LogP contribution in [0.5, 0.6) is 0 Å². The summed E-state index contributed by atoms with van der Waals surface area (Å²) in [6, 6.07) is 0.619. The highest BCUT2D eigenvalue weighted by atomic mass is 16.4. The highest BCUT2D eigenvalue weighted by Gasteiger charge is 2.49. The number of rotatable bonds is 3. The van der Waals surface area contributed by atoms with Crippen molar-refractivity contribution in [3.63, 3.8) is 0 Å². The lowest BCUT2D eigenvalue weighted by atomic mass is 9.65. The van der Waals surface area contributed by atoms with E-state index in [1.807, 2.05) is 0 Å². The lowest BCUT2D eigenvalue weighted by Crippen LogP contribution is -2.35. The molecule has 16 heavy (non-hydrogen) atoms. The average Bonchev–Trinajstić information content (AvgIpc) is 2.31. The lowest BCUT2D eigenvalue weighted by Gasteiger charge is -2.39. The highest BCUT2D eigenvalue weighted by Crippen LogP contribution is 2.52. The summed E-state index contributed by atoms with van der Waals surface area (Å²) in [5.41, 5.74) is 0.848. The number of carbonyl (C=O) groups is 1. The molecule has 0 aromatic rings. The van der Waals surface area contributed by atoms with E-state index in [2.05, 4.69) is 25.7 Å². The molecule has 1 saturated heterocycles. The summed E-state index contributed by atoms with van der Waals surface area (Å²) in [5, 5.41) is 8.75. The van der Waals surface area contributed by atoms with Crippen LogP contribution < -0.4 is 0 Å². The molecule has 0 amide bonds. The van der Waals surface area contributed by atoms with Gasteiger partial charge in [0.05, 0.1) is 6.42 Å². The third kappa shape index (κ3) is 2.40. The number of aliphatic carboxylic acids is 1. The number of likely N-dealkylation sites (tertiary alicyclic amines) is 1. The summed E-state index contributed by atoms with van der Waals surface area (Å²) in [4.78, 5) is 13.0. The van der Waals surface area contributed by atoms with Crippen LogP contribution in [0.25, 0.3) is 0 Å². The van der Waals surface area contributed by atoms with Crippen molar-refractivity contribution >= 4 is 5.97 Å². The minimum atomic E-state index is -0.675. The molecular weight excluding hydrogens is 202 g/mol. The predicted octanol–water partition coefficient (Wildman–Crippen LogP) is 2.36. The van der Waals surface area contributed by atoms with Crippen molar-refractivity contribution in [3.8, 4) is 0 Å². The Labute approximate surface area is 97.8 Å². The van der Waals surface area contributed by atoms with E-state index in [1.165, 1.54) is 19.3 Å². The second kappa shape index (κ2) is 3.73. The van der Waals surface area contributed by atoms with Gasteiger partial charge in [-0.1, -0.05) is 20.8 Å². The molecule has 2 aliphatic rings. The van der Waals surface area contributed by atoms with Crippen LogP contribution in [0.2, 0.25) is 0 Å². The van der Waals surface area contributed by atoms with E-state index in [-0.39, 0.29) is 6.42 Å². The fourth-order valence-electron chi connectivity index (χ4n) is 4.08. The van der Waals surface area contributed by atoms with Crippen molar-refractivity contribution in [2.45, 2.75) is 52.5 Å². The largest absolute Gasteiger partial charge is 0.481 e. The second-order valence-electron chi connectivity index (χ2n) is 6.83. The molecule has 2 bridgehead atoms. The summed E-state index contributed by atoms with van der Waals surface area (Å²) in [6.45, 7) is 8.87. The van der Waals surface area contributed by atoms with Crippen LogP contribution in [0, 0.1) is 10.8 Å². The molecule has 3 nitrogen and oxygen atoms in total. The fraction of sp³-hybridized carbons (Fsp3) is 0.923. The van der Waals surface area contributed by atoms with Crippen LogP contribution in [0.4, 0.5) is 0 Å². The van der Waals surface area contributed by atoms with Gasteiger partial charge in [-0.25, -0.2) is 0 Å². The number of carboxylic acid groups (broad SMARTS) is 1. The summed E-state index contributed by atoms with van der Waals surface area (Å²) < 4.78 is 0. The lowest BCUT2D eigenvalue weighted by molar-refractivity contribution is -0.137. The maximum absolute atomic E-state index is 10.6. The van der Waals surface area contributed by atoms with Gasteiger partial charge in [0.1, 0.15) is 0 Å². The molecular formula is C13H23NO2. The van der Waals surface area contributed by atoms with Crippen molar-refractivity contribution in [1.82, 2.24) is 4.90 Å². The van der Waals surface area contributed by atoms with E-state index in [0.717, 1.165) is 13.1 Å². The Morgan fingerprint density at radius 2 is 2.06 bits per heavy atom. The zero-order chi connectivity index (χ0) is 12.0. The van der Waals surface area contributed by atoms with Gasteiger partial charge >= 0.3 is 5.97 Å². The molecule has 0 spiro atoms. The van der Waals surface area contributed by atoms with E-state index in [0.29, 0.717) is 16.9 Å². The van der Waals surface area contributed by atoms with E-state index >= 15 is 0 Å². The van der Waals surface area contributed by atoms with Crippen molar-refractivity contribution in [2.75, 3.05) is 13.1 Å². The Morgan fingerprint density at radius 1 is 1.38 bits per heavy atom. The van der Waals surface area contributed by atoms with Crippen LogP contribution >= 0.6 is 0 Å². The predicted molar refractivity (Wildman–Crippen MR) is 63.4 cm³/mol. The molecule has 2 fully saturated rings. The normalized spacial score (nSPS) is 37.6. The standard InChI is InChI=1S/C13H23NO2/c1-12(2)6-10-7-13(3,8-12)9-14(10)5-4-11(15)16/h10H,4-9H2,1-3H3,(H,15,16)/t10-,13+/m0/s1. The molecule has 0 aromatic carbocycles. The molecule has 0 unspecified atom stereocenters. The molecule has 0 radical (unpaired) electrons. The van der Waals surface area contributed by atoms with Crippen LogP contribution in [-0.2, 0) is 4.79 Å². The molecule has 1 saturated carbocycles. The van der Waals surface area contributed by atoms with E-state index in [1.54, 1.807) is 0 Å². The number of hydrogen-bond acceptors (Lipinski definition) is 2. The second-order valence-corrected chi connectivity index (χ2v) is 6.83. The molecule has 1 N–H and O–H groups in total. The quantitative estimate of drug-likeness (QED) is 0.801. The highest BCUT2D eigenvalue weighted by molar-refractivity contribution is 5.66. The van der Waals surface area contributed by atoms with E-state index in [4.69, 9.17) is 5.11 Å². The molecule has 92 valence electrons. The van der Waals surface area contributed by atoms with Gasteiger partial charge in [-0.3, -0.25) is 9.69 Å². The molecule has 2 atom stereocenters. The van der Waals surface area contributed by atoms with Crippen LogP contribution in [0.1, 0.15) is 46.5 Å². The molecule has 3 heteroatoms. The third-order valence-electron chi connectivity index (χ3n) is 4.14. The number of fused-ring (bicyclic) bond motifs is 2. The maximum atomic E-state index is 10.6. The van der Waals surface area contributed by atoms with Gasteiger partial charge in [0, 0.05) is 19.1 Å². The zero-order valence-electron chi connectivity index (χ0n) is 10.6. The Kier molecular flexibility index (Phi) is 2.77. The first-order valence-corrected chi connectivity index (χ1v) is 6.26. The van der Waals surface area contributed by atoms with E-state index < -0.39 is 5.97 Å². The van der Waals surface area contributed by atoms with Crippen molar-refractivity contribution in [3.05, 3.63) is 0 Å².